The first-order chi connectivity index (χ1) is 18.4. The van der Waals surface area contributed by atoms with Gasteiger partial charge in [-0.25, -0.2) is 4.79 Å². The maximum Gasteiger partial charge on any atom is 0.332 e. The van der Waals surface area contributed by atoms with Gasteiger partial charge in [0.1, 0.15) is 12.5 Å². The summed E-state index contributed by atoms with van der Waals surface area (Å²) in [7, 11) is 1.53. The molecule has 38 heavy (non-hydrogen) atoms. The predicted molar refractivity (Wildman–Crippen MR) is 142 cm³/mol. The summed E-state index contributed by atoms with van der Waals surface area (Å²) in [5.41, 5.74) is 6.30. The van der Waals surface area contributed by atoms with Crippen molar-refractivity contribution in [3.05, 3.63) is 68.7 Å². The first-order valence-corrected chi connectivity index (χ1v) is 12.6. The number of nitrogens with two attached hydrogens (primary N) is 1. The molecule has 0 radical (unpaired) electrons. The van der Waals surface area contributed by atoms with Crippen LogP contribution in [0.5, 0.6) is 0 Å². The van der Waals surface area contributed by atoms with E-state index in [1.807, 2.05) is 17.1 Å². The lowest BCUT2D eigenvalue weighted by Gasteiger charge is -2.31. The average molecular weight is 519 g/mol. The fourth-order valence-corrected chi connectivity index (χ4v) is 4.84. The number of rotatable bonds is 6. The number of Topliss-reactive ketones (excluding diaryl/α,β-unsaturated/α-hetero) is 1. The molecule has 0 aromatic carbocycles. The normalized spacial score (nSPS) is 19.1. The van der Waals surface area contributed by atoms with Gasteiger partial charge in [-0.1, -0.05) is 24.1 Å². The zero-order valence-corrected chi connectivity index (χ0v) is 21.5. The number of allylic oxidation sites excluding steroid dienone is 5. The second kappa shape index (κ2) is 10.6. The monoisotopic (exact) mass is 518 g/mol. The standard InChI is InChI=1S/C27H30N6O5/c1-3-4-13-32-23-24(29-26(32)31-12-8-11-19(28)14-31)30(2)27(36)33(25(23)35)15-20(34)22-17-37-21(16-38-22)18-9-6-5-7-10-18/h5-6,9,16-17,19H,7-8,10-15,28H2,1-2H3/t19-/m1/s1. The summed E-state index contributed by atoms with van der Waals surface area (Å²) in [5, 5.41) is 0. The van der Waals surface area contributed by atoms with Gasteiger partial charge in [0.25, 0.3) is 5.56 Å². The van der Waals surface area contributed by atoms with Gasteiger partial charge in [-0.3, -0.25) is 23.3 Å². The molecule has 2 aromatic rings. The molecule has 0 bridgehead atoms. The minimum absolute atomic E-state index is 0.0150. The molecule has 4 heterocycles. The molecular weight excluding hydrogens is 488 g/mol. The molecule has 11 heteroatoms. The second-order valence-electron chi connectivity index (χ2n) is 9.46. The van der Waals surface area contributed by atoms with Crippen LogP contribution in [0, 0.1) is 11.8 Å². The van der Waals surface area contributed by atoms with E-state index in [0.717, 1.165) is 42.4 Å². The van der Waals surface area contributed by atoms with Crippen molar-refractivity contribution in [2.24, 2.45) is 12.8 Å². The molecular formula is C27H30N6O5. The molecule has 1 atom stereocenters. The first kappa shape index (κ1) is 25.4. The third-order valence-electron chi connectivity index (χ3n) is 6.86. The number of nitrogens with zero attached hydrogens (tertiary/aromatic N) is 5. The number of anilines is 1. The summed E-state index contributed by atoms with van der Waals surface area (Å²) in [4.78, 5) is 46.6. The molecule has 0 saturated carbocycles. The first-order valence-electron chi connectivity index (χ1n) is 12.6. The fraction of sp³-hybridized carbons (Fsp3) is 0.407. The Morgan fingerprint density at radius 2 is 2.08 bits per heavy atom. The molecule has 3 aliphatic rings. The number of carbonyl (C=O) groups excluding carboxylic acids is 1. The number of aryl methyl sites for hydroxylation is 1. The number of ether oxygens (including phenoxy) is 2. The highest BCUT2D eigenvalue weighted by molar-refractivity contribution is 5.93. The average Bonchev–Trinajstić information content (AvgIpc) is 3.33. The Morgan fingerprint density at radius 3 is 2.76 bits per heavy atom. The van der Waals surface area contributed by atoms with Crippen LogP contribution in [0.15, 0.2) is 57.4 Å². The van der Waals surface area contributed by atoms with E-state index < -0.39 is 23.6 Å². The van der Waals surface area contributed by atoms with Crippen LogP contribution in [0.4, 0.5) is 5.95 Å². The number of piperidine rings is 1. The lowest BCUT2D eigenvalue weighted by atomic mass is 10.0. The maximum atomic E-state index is 13.7. The van der Waals surface area contributed by atoms with E-state index in [1.54, 1.807) is 11.5 Å². The summed E-state index contributed by atoms with van der Waals surface area (Å²) in [6.45, 7) is 2.71. The highest BCUT2D eigenvalue weighted by atomic mass is 16.5. The highest BCUT2D eigenvalue weighted by Crippen LogP contribution is 2.26. The lowest BCUT2D eigenvalue weighted by Crippen LogP contribution is -2.44. The zero-order valence-electron chi connectivity index (χ0n) is 21.5. The lowest BCUT2D eigenvalue weighted by molar-refractivity contribution is -0.119. The van der Waals surface area contributed by atoms with Crippen molar-refractivity contribution in [1.82, 2.24) is 18.7 Å². The van der Waals surface area contributed by atoms with E-state index in [9.17, 15) is 14.4 Å². The van der Waals surface area contributed by atoms with Gasteiger partial charge in [0.05, 0.1) is 13.1 Å². The van der Waals surface area contributed by atoms with E-state index in [1.165, 1.54) is 24.1 Å². The summed E-state index contributed by atoms with van der Waals surface area (Å²) in [6.07, 6.45) is 12.0. The number of ketones is 1. The highest BCUT2D eigenvalue weighted by Gasteiger charge is 2.27. The Morgan fingerprint density at radius 1 is 1.24 bits per heavy atom. The van der Waals surface area contributed by atoms with Crippen molar-refractivity contribution in [2.75, 3.05) is 18.0 Å². The van der Waals surface area contributed by atoms with Crippen LogP contribution >= 0.6 is 0 Å². The van der Waals surface area contributed by atoms with E-state index in [4.69, 9.17) is 15.2 Å². The quantitative estimate of drug-likeness (QED) is 0.569. The van der Waals surface area contributed by atoms with Gasteiger partial charge in [0.15, 0.2) is 16.9 Å². The molecule has 0 unspecified atom stereocenters. The zero-order chi connectivity index (χ0) is 26.8. The van der Waals surface area contributed by atoms with Crippen molar-refractivity contribution >= 4 is 22.9 Å². The van der Waals surface area contributed by atoms with Crippen LogP contribution in [0.3, 0.4) is 0 Å². The van der Waals surface area contributed by atoms with Gasteiger partial charge in [-0.05, 0) is 38.2 Å². The Labute approximate surface area is 219 Å². The molecule has 1 aliphatic carbocycles. The molecule has 5 rings (SSSR count). The third-order valence-corrected chi connectivity index (χ3v) is 6.86. The number of aromatic nitrogens is 4. The third kappa shape index (κ3) is 4.70. The number of carbonyl (C=O) groups is 1. The van der Waals surface area contributed by atoms with Gasteiger partial charge in [-0.2, -0.15) is 4.98 Å². The summed E-state index contributed by atoms with van der Waals surface area (Å²) in [5.74, 6) is 6.22. The Bertz CT molecular complexity index is 1590. The number of fused-ring (bicyclic) bond motifs is 1. The van der Waals surface area contributed by atoms with Crippen LogP contribution in [0.1, 0.15) is 32.6 Å². The van der Waals surface area contributed by atoms with E-state index >= 15 is 0 Å². The van der Waals surface area contributed by atoms with Crippen molar-refractivity contribution in [2.45, 2.75) is 51.7 Å². The summed E-state index contributed by atoms with van der Waals surface area (Å²) < 4.78 is 15.0. The van der Waals surface area contributed by atoms with Crippen molar-refractivity contribution in [3.63, 3.8) is 0 Å². The second-order valence-corrected chi connectivity index (χ2v) is 9.46. The Balaban J connectivity index is 1.48. The van der Waals surface area contributed by atoms with Crippen LogP contribution in [0.25, 0.3) is 11.2 Å². The van der Waals surface area contributed by atoms with Crippen LogP contribution in [-0.2, 0) is 34.4 Å². The maximum absolute atomic E-state index is 13.7. The smallest absolute Gasteiger partial charge is 0.332 e. The molecule has 198 valence electrons. The van der Waals surface area contributed by atoms with E-state index in [2.05, 4.69) is 22.9 Å². The molecule has 2 aromatic heterocycles. The minimum Gasteiger partial charge on any atom is -0.457 e. The van der Waals surface area contributed by atoms with Crippen LogP contribution < -0.4 is 21.9 Å². The van der Waals surface area contributed by atoms with Gasteiger partial charge < -0.3 is 20.1 Å². The van der Waals surface area contributed by atoms with E-state index in [0.29, 0.717) is 18.3 Å². The molecule has 1 fully saturated rings. The fourth-order valence-electron chi connectivity index (χ4n) is 4.84. The molecule has 0 amide bonds. The topological polar surface area (TPSA) is 127 Å². The molecule has 11 nitrogen and oxygen atoms in total. The molecule has 2 aliphatic heterocycles. The predicted octanol–water partition coefficient (Wildman–Crippen LogP) is 1.42. The van der Waals surface area contributed by atoms with Crippen LogP contribution in [0.2, 0.25) is 0 Å². The van der Waals surface area contributed by atoms with Crippen molar-refractivity contribution in [1.29, 1.82) is 0 Å². The van der Waals surface area contributed by atoms with Crippen LogP contribution in [-0.4, -0.2) is 43.6 Å². The molecule has 2 N–H and O–H groups in total. The largest absolute Gasteiger partial charge is 0.457 e. The van der Waals surface area contributed by atoms with Crippen molar-refractivity contribution < 1.29 is 14.3 Å². The van der Waals surface area contributed by atoms with E-state index in [-0.39, 0.29) is 29.5 Å². The number of imidazole rings is 1. The van der Waals surface area contributed by atoms with Gasteiger partial charge in [0, 0.05) is 26.2 Å². The molecule has 0 spiro atoms. The van der Waals surface area contributed by atoms with Gasteiger partial charge >= 0.3 is 5.69 Å². The number of hydrogen-bond donors (Lipinski definition) is 1. The minimum atomic E-state index is -0.656. The van der Waals surface area contributed by atoms with Crippen molar-refractivity contribution in [3.8, 4) is 11.8 Å². The number of hydrogen-bond acceptors (Lipinski definition) is 8. The summed E-state index contributed by atoms with van der Waals surface area (Å²) in [6, 6.07) is -0.0150. The van der Waals surface area contributed by atoms with Gasteiger partial charge in [0.2, 0.25) is 17.5 Å². The Kier molecular flexibility index (Phi) is 7.07. The SMILES string of the molecule is CC#CCn1c(N2CCC[C@@H](N)C2)nc2c1c(=O)n(CC(=O)C1=COC(C3=CC=CCC3)=CO1)c(=O)n2C. The van der Waals surface area contributed by atoms with Gasteiger partial charge in [-0.15, -0.1) is 5.92 Å². The summed E-state index contributed by atoms with van der Waals surface area (Å²) >= 11 is 0. The Hall–Kier alpha value is -4.30. The molecule has 1 saturated heterocycles.